The highest BCUT2D eigenvalue weighted by Crippen LogP contribution is 2.64. The number of rotatable bonds is 3. The van der Waals surface area contributed by atoms with Crippen LogP contribution < -0.4 is 5.43 Å². The van der Waals surface area contributed by atoms with Crippen molar-refractivity contribution in [2.24, 2.45) is 21.8 Å². The molecule has 2 saturated carbocycles. The van der Waals surface area contributed by atoms with Crippen molar-refractivity contribution >= 4 is 33.8 Å². The molecule has 2 aliphatic carbocycles. The number of hydrogen-bond donors (Lipinski definition) is 1. The largest absolute Gasteiger partial charge is 0.253 e. The molecule has 2 aliphatic rings. The maximum atomic E-state index is 5.94. The highest BCUT2D eigenvalue weighted by molar-refractivity contribution is 7.14. The summed E-state index contributed by atoms with van der Waals surface area (Å²) < 4.78 is 0. The lowest BCUT2D eigenvalue weighted by atomic mass is 9.71. The van der Waals surface area contributed by atoms with E-state index in [1.807, 2.05) is 24.3 Å². The Balaban J connectivity index is 1.51. The second-order valence-electron chi connectivity index (χ2n) is 7.81. The van der Waals surface area contributed by atoms with Gasteiger partial charge in [-0.05, 0) is 42.2 Å². The quantitative estimate of drug-likeness (QED) is 0.674. The van der Waals surface area contributed by atoms with Crippen LogP contribution in [0.5, 0.6) is 0 Å². The summed E-state index contributed by atoms with van der Waals surface area (Å²) in [7, 11) is 0. The molecule has 0 radical (unpaired) electrons. The lowest BCUT2D eigenvalue weighted by Gasteiger charge is -2.33. The molecule has 1 aromatic carbocycles. The normalized spacial score (nSPS) is 29.3. The Morgan fingerprint density at radius 2 is 2.00 bits per heavy atom. The fraction of sp³-hybridized carbons (Fsp3) is 0.474. The van der Waals surface area contributed by atoms with Gasteiger partial charge >= 0.3 is 0 Å². The Bertz CT molecular complexity index is 790. The zero-order chi connectivity index (χ0) is 16.9. The van der Waals surface area contributed by atoms with E-state index in [9.17, 15) is 0 Å². The molecule has 1 heterocycles. The van der Waals surface area contributed by atoms with Gasteiger partial charge in [-0.1, -0.05) is 44.5 Å². The molecule has 0 unspecified atom stereocenters. The van der Waals surface area contributed by atoms with Crippen molar-refractivity contribution < 1.29 is 0 Å². The van der Waals surface area contributed by atoms with E-state index in [-0.39, 0.29) is 0 Å². The van der Waals surface area contributed by atoms with Gasteiger partial charge in [0, 0.05) is 27.6 Å². The number of thiazole rings is 1. The second kappa shape index (κ2) is 5.57. The number of anilines is 1. The van der Waals surface area contributed by atoms with Crippen molar-refractivity contribution in [3.63, 3.8) is 0 Å². The van der Waals surface area contributed by atoms with E-state index < -0.39 is 0 Å². The van der Waals surface area contributed by atoms with Gasteiger partial charge in [0.1, 0.15) is 0 Å². The Labute approximate surface area is 152 Å². The van der Waals surface area contributed by atoms with E-state index in [1.54, 1.807) is 11.3 Å². The van der Waals surface area contributed by atoms with Crippen LogP contribution in [-0.2, 0) is 0 Å². The molecule has 126 valence electrons. The predicted octanol–water partition coefficient (Wildman–Crippen LogP) is 6.08. The molecule has 24 heavy (non-hydrogen) atoms. The standard InChI is InChI=1S/C19H22ClN3S/c1-18(2)14-8-9-19(18,3)10-15(14)22-23-17-21-16(11-24-17)12-4-6-13(20)7-5-12/h4-7,11,14H,8-10H2,1-3H3,(H,21,23)/b22-15-/t14-,19-/m0/s1. The van der Waals surface area contributed by atoms with E-state index in [1.165, 1.54) is 18.6 Å². The molecule has 1 aromatic heterocycles. The number of hydrogen-bond acceptors (Lipinski definition) is 4. The molecule has 4 rings (SSSR count). The minimum Gasteiger partial charge on any atom is -0.253 e. The molecule has 2 aromatic rings. The van der Waals surface area contributed by atoms with Crippen molar-refractivity contribution in [3.05, 3.63) is 34.7 Å². The van der Waals surface area contributed by atoms with Crippen LogP contribution in [-0.4, -0.2) is 10.7 Å². The fourth-order valence-electron chi connectivity index (χ4n) is 4.30. The van der Waals surface area contributed by atoms with E-state index >= 15 is 0 Å². The van der Waals surface area contributed by atoms with Gasteiger partial charge < -0.3 is 0 Å². The van der Waals surface area contributed by atoms with Gasteiger partial charge in [0.15, 0.2) is 0 Å². The van der Waals surface area contributed by atoms with Crippen LogP contribution in [0.25, 0.3) is 11.3 Å². The molecule has 3 nitrogen and oxygen atoms in total. The summed E-state index contributed by atoms with van der Waals surface area (Å²) in [6, 6.07) is 7.77. The molecule has 1 N–H and O–H groups in total. The van der Waals surface area contributed by atoms with E-state index in [0.29, 0.717) is 16.7 Å². The molecule has 2 atom stereocenters. The number of aromatic nitrogens is 1. The average molecular weight is 360 g/mol. The lowest BCUT2D eigenvalue weighted by molar-refractivity contribution is 0.152. The highest BCUT2D eigenvalue weighted by Gasteiger charge is 2.59. The van der Waals surface area contributed by atoms with Crippen molar-refractivity contribution in [3.8, 4) is 11.3 Å². The lowest BCUT2D eigenvalue weighted by Crippen LogP contribution is -2.26. The van der Waals surface area contributed by atoms with Crippen molar-refractivity contribution in [2.45, 2.75) is 40.0 Å². The van der Waals surface area contributed by atoms with Gasteiger partial charge in [-0.15, -0.1) is 11.3 Å². The smallest absolute Gasteiger partial charge is 0.203 e. The topological polar surface area (TPSA) is 37.3 Å². The van der Waals surface area contributed by atoms with Crippen LogP contribution >= 0.6 is 22.9 Å². The maximum absolute atomic E-state index is 5.94. The van der Waals surface area contributed by atoms with Crippen molar-refractivity contribution in [1.82, 2.24) is 4.98 Å². The Morgan fingerprint density at radius 1 is 1.25 bits per heavy atom. The number of nitrogens with zero attached hydrogens (tertiary/aromatic N) is 2. The van der Waals surface area contributed by atoms with Gasteiger partial charge in [-0.2, -0.15) is 5.10 Å². The minimum absolute atomic E-state index is 0.352. The monoisotopic (exact) mass is 359 g/mol. The third kappa shape index (κ3) is 2.47. The maximum Gasteiger partial charge on any atom is 0.203 e. The van der Waals surface area contributed by atoms with Crippen LogP contribution in [0.2, 0.25) is 5.02 Å². The SMILES string of the molecule is CC1(C)[C@H]2CC[C@@]1(C)C/C2=N/Nc1nc(-c2ccc(Cl)cc2)cs1. The molecule has 2 bridgehead atoms. The fourth-order valence-corrected chi connectivity index (χ4v) is 5.09. The Kier molecular flexibility index (Phi) is 3.73. The molecule has 2 fully saturated rings. The van der Waals surface area contributed by atoms with Gasteiger partial charge in [-0.25, -0.2) is 4.98 Å². The summed E-state index contributed by atoms with van der Waals surface area (Å²) in [4.78, 5) is 4.64. The van der Waals surface area contributed by atoms with Gasteiger partial charge in [-0.3, -0.25) is 5.43 Å². The summed E-state index contributed by atoms with van der Waals surface area (Å²) in [6.07, 6.45) is 3.69. The molecule has 0 amide bonds. The third-order valence-electron chi connectivity index (χ3n) is 6.32. The van der Waals surface area contributed by atoms with Crippen LogP contribution in [0, 0.1) is 16.7 Å². The third-order valence-corrected chi connectivity index (χ3v) is 7.32. The molecule has 0 aliphatic heterocycles. The van der Waals surface area contributed by atoms with Gasteiger partial charge in [0.2, 0.25) is 5.13 Å². The zero-order valence-corrected chi connectivity index (χ0v) is 15.8. The molecular weight excluding hydrogens is 338 g/mol. The van der Waals surface area contributed by atoms with E-state index in [2.05, 4.69) is 36.6 Å². The van der Waals surface area contributed by atoms with Crippen LogP contribution in [0.15, 0.2) is 34.7 Å². The first-order chi connectivity index (χ1) is 11.4. The van der Waals surface area contributed by atoms with Gasteiger partial charge in [0.25, 0.3) is 0 Å². The van der Waals surface area contributed by atoms with Crippen molar-refractivity contribution in [1.29, 1.82) is 0 Å². The Hall–Kier alpha value is -1.39. The van der Waals surface area contributed by atoms with Crippen LogP contribution in [0.4, 0.5) is 5.13 Å². The first-order valence-electron chi connectivity index (χ1n) is 8.43. The highest BCUT2D eigenvalue weighted by atomic mass is 35.5. The number of nitrogens with one attached hydrogen (secondary N) is 1. The number of fused-ring (bicyclic) bond motifs is 2. The Morgan fingerprint density at radius 3 is 2.62 bits per heavy atom. The summed E-state index contributed by atoms with van der Waals surface area (Å²) in [5.74, 6) is 0.602. The predicted molar refractivity (Wildman–Crippen MR) is 103 cm³/mol. The first-order valence-corrected chi connectivity index (χ1v) is 9.69. The number of benzene rings is 1. The molecule has 5 heteroatoms. The summed E-state index contributed by atoms with van der Waals surface area (Å²) in [6.45, 7) is 7.21. The van der Waals surface area contributed by atoms with Gasteiger partial charge in [0.05, 0.1) is 5.69 Å². The zero-order valence-electron chi connectivity index (χ0n) is 14.3. The summed E-state index contributed by atoms with van der Waals surface area (Å²) >= 11 is 7.53. The molecule has 0 spiro atoms. The van der Waals surface area contributed by atoms with Crippen LogP contribution in [0.1, 0.15) is 40.0 Å². The van der Waals surface area contributed by atoms with Crippen LogP contribution in [0.3, 0.4) is 0 Å². The molecular formula is C19H22ClN3S. The number of halogens is 1. The average Bonchev–Trinajstić information content (AvgIpc) is 3.15. The van der Waals surface area contributed by atoms with E-state index in [4.69, 9.17) is 16.7 Å². The van der Waals surface area contributed by atoms with Crippen molar-refractivity contribution in [2.75, 3.05) is 5.43 Å². The summed E-state index contributed by atoms with van der Waals surface area (Å²) in [5, 5.41) is 8.37. The minimum atomic E-state index is 0.352. The van der Waals surface area contributed by atoms with E-state index in [0.717, 1.165) is 27.8 Å². The molecule has 0 saturated heterocycles. The first kappa shape index (κ1) is 16.1. The number of hydrazone groups is 1. The summed E-state index contributed by atoms with van der Waals surface area (Å²) in [5.41, 5.74) is 7.30. The second-order valence-corrected chi connectivity index (χ2v) is 9.10.